The molecule has 0 aliphatic carbocycles. The van der Waals surface area contributed by atoms with Gasteiger partial charge in [0.05, 0.1) is 11.8 Å². The topological polar surface area (TPSA) is 38.0 Å². The number of rotatable bonds is 3. The number of hydrogen-bond acceptors (Lipinski definition) is 2. The summed E-state index contributed by atoms with van der Waals surface area (Å²) in [4.78, 5) is 0. The van der Waals surface area contributed by atoms with Gasteiger partial charge in [-0.3, -0.25) is 4.68 Å². The van der Waals surface area contributed by atoms with Crippen LogP contribution in [0.5, 0.6) is 0 Å². The maximum atomic E-state index is 10.2. The van der Waals surface area contributed by atoms with Crippen LogP contribution in [0.3, 0.4) is 0 Å². The summed E-state index contributed by atoms with van der Waals surface area (Å²) in [6.07, 6.45) is 1.85. The summed E-state index contributed by atoms with van der Waals surface area (Å²) in [7, 11) is 1.86. The van der Waals surface area contributed by atoms with E-state index in [1.54, 1.807) is 10.7 Å². The highest BCUT2D eigenvalue weighted by Gasteiger charge is 2.12. The fourth-order valence-corrected chi connectivity index (χ4v) is 2.12. The van der Waals surface area contributed by atoms with Crippen molar-refractivity contribution >= 4 is 11.6 Å². The summed E-state index contributed by atoms with van der Waals surface area (Å²) in [6.45, 7) is 1.95. The van der Waals surface area contributed by atoms with Gasteiger partial charge in [-0.05, 0) is 36.2 Å². The Kier molecular flexibility index (Phi) is 3.50. The standard InChI is InChI=1S/C13H15ClN2O/c1-9-7-10(14)3-4-12(9)13(17)8-11-5-6-16(2)15-11/h3-7,13,17H,8H2,1-2H3. The van der Waals surface area contributed by atoms with E-state index in [0.717, 1.165) is 16.8 Å². The zero-order valence-electron chi connectivity index (χ0n) is 9.89. The van der Waals surface area contributed by atoms with Crippen LogP contribution in [0.1, 0.15) is 22.9 Å². The van der Waals surface area contributed by atoms with Gasteiger partial charge in [0.2, 0.25) is 0 Å². The summed E-state index contributed by atoms with van der Waals surface area (Å²) in [5.74, 6) is 0. The molecule has 0 fully saturated rings. The zero-order valence-corrected chi connectivity index (χ0v) is 10.6. The molecule has 0 aliphatic heterocycles. The van der Waals surface area contributed by atoms with E-state index in [1.807, 2.05) is 38.4 Å². The van der Waals surface area contributed by atoms with Crippen LogP contribution in [0.4, 0.5) is 0 Å². The van der Waals surface area contributed by atoms with Crippen molar-refractivity contribution in [3.05, 3.63) is 52.3 Å². The predicted octanol–water partition coefficient (Wildman–Crippen LogP) is 2.66. The summed E-state index contributed by atoms with van der Waals surface area (Å²) >= 11 is 5.89. The third kappa shape index (κ3) is 2.87. The minimum absolute atomic E-state index is 0.517. The van der Waals surface area contributed by atoms with Gasteiger partial charge < -0.3 is 5.11 Å². The van der Waals surface area contributed by atoms with Gasteiger partial charge in [0.15, 0.2) is 0 Å². The molecule has 17 heavy (non-hydrogen) atoms. The van der Waals surface area contributed by atoms with E-state index >= 15 is 0 Å². The highest BCUT2D eigenvalue weighted by Crippen LogP contribution is 2.23. The molecule has 2 rings (SSSR count). The van der Waals surface area contributed by atoms with Crippen LogP contribution >= 0.6 is 11.6 Å². The van der Waals surface area contributed by atoms with E-state index < -0.39 is 6.10 Å². The number of aliphatic hydroxyl groups is 1. The summed E-state index contributed by atoms with van der Waals surface area (Å²) in [5, 5.41) is 15.1. The fraction of sp³-hybridized carbons (Fsp3) is 0.308. The first-order valence-electron chi connectivity index (χ1n) is 5.49. The molecule has 1 atom stereocenters. The third-order valence-electron chi connectivity index (χ3n) is 2.76. The number of benzene rings is 1. The zero-order chi connectivity index (χ0) is 12.4. The average Bonchev–Trinajstić information content (AvgIpc) is 2.63. The van der Waals surface area contributed by atoms with E-state index in [1.165, 1.54) is 0 Å². The van der Waals surface area contributed by atoms with Gasteiger partial charge in [-0.2, -0.15) is 5.10 Å². The van der Waals surface area contributed by atoms with Crippen LogP contribution < -0.4 is 0 Å². The SMILES string of the molecule is Cc1cc(Cl)ccc1C(O)Cc1ccn(C)n1. The molecule has 1 heterocycles. The van der Waals surface area contributed by atoms with Crippen molar-refractivity contribution in [1.82, 2.24) is 9.78 Å². The first kappa shape index (κ1) is 12.1. The number of nitrogens with zero attached hydrogens (tertiary/aromatic N) is 2. The molecule has 0 saturated heterocycles. The molecule has 0 spiro atoms. The molecule has 0 saturated carbocycles. The molecular weight excluding hydrogens is 236 g/mol. The van der Waals surface area contributed by atoms with Crippen molar-refractivity contribution < 1.29 is 5.11 Å². The summed E-state index contributed by atoms with van der Waals surface area (Å²) < 4.78 is 1.73. The molecular formula is C13H15ClN2O. The van der Waals surface area contributed by atoms with E-state index in [9.17, 15) is 5.11 Å². The Morgan fingerprint density at radius 1 is 1.41 bits per heavy atom. The molecule has 1 unspecified atom stereocenters. The van der Waals surface area contributed by atoms with E-state index in [2.05, 4.69) is 5.10 Å². The molecule has 3 nitrogen and oxygen atoms in total. The van der Waals surface area contributed by atoms with Crippen molar-refractivity contribution in [3.8, 4) is 0 Å². The maximum absolute atomic E-state index is 10.2. The predicted molar refractivity (Wildman–Crippen MR) is 68.1 cm³/mol. The largest absolute Gasteiger partial charge is 0.388 e. The van der Waals surface area contributed by atoms with E-state index in [0.29, 0.717) is 11.4 Å². The molecule has 0 aliphatic rings. The van der Waals surface area contributed by atoms with Crippen LogP contribution in [0.15, 0.2) is 30.5 Å². The van der Waals surface area contributed by atoms with E-state index in [-0.39, 0.29) is 0 Å². The molecule has 0 amide bonds. The first-order chi connectivity index (χ1) is 8.06. The van der Waals surface area contributed by atoms with Gasteiger partial charge in [0.1, 0.15) is 0 Å². The van der Waals surface area contributed by atoms with Crippen molar-refractivity contribution in [1.29, 1.82) is 0 Å². The summed E-state index contributed by atoms with van der Waals surface area (Å²) in [5.41, 5.74) is 2.79. The monoisotopic (exact) mass is 250 g/mol. The van der Waals surface area contributed by atoms with Crippen LogP contribution in [-0.4, -0.2) is 14.9 Å². The molecule has 1 aromatic carbocycles. The van der Waals surface area contributed by atoms with E-state index in [4.69, 9.17) is 11.6 Å². The Morgan fingerprint density at radius 2 is 2.18 bits per heavy atom. The first-order valence-corrected chi connectivity index (χ1v) is 5.86. The van der Waals surface area contributed by atoms with Crippen LogP contribution in [0.25, 0.3) is 0 Å². The Labute approximate surface area is 106 Å². The highest BCUT2D eigenvalue weighted by molar-refractivity contribution is 6.30. The molecule has 90 valence electrons. The Morgan fingerprint density at radius 3 is 2.76 bits per heavy atom. The molecule has 4 heteroatoms. The highest BCUT2D eigenvalue weighted by atomic mass is 35.5. The fourth-order valence-electron chi connectivity index (χ4n) is 1.89. The van der Waals surface area contributed by atoms with Gasteiger partial charge in [-0.25, -0.2) is 0 Å². The van der Waals surface area contributed by atoms with Crippen LogP contribution in [0, 0.1) is 6.92 Å². The number of aromatic nitrogens is 2. The molecule has 0 bridgehead atoms. The molecule has 1 aromatic heterocycles. The number of halogens is 1. The number of aryl methyl sites for hydroxylation is 2. The average molecular weight is 251 g/mol. The van der Waals surface area contributed by atoms with Crippen LogP contribution in [0.2, 0.25) is 5.02 Å². The van der Waals surface area contributed by atoms with Crippen LogP contribution in [-0.2, 0) is 13.5 Å². The Hall–Kier alpha value is -1.32. The second kappa shape index (κ2) is 4.90. The minimum Gasteiger partial charge on any atom is -0.388 e. The third-order valence-corrected chi connectivity index (χ3v) is 3.00. The van der Waals surface area contributed by atoms with Crippen molar-refractivity contribution in [2.24, 2.45) is 7.05 Å². The molecule has 1 N–H and O–H groups in total. The summed E-state index contributed by atoms with van der Waals surface area (Å²) in [6, 6.07) is 7.43. The lowest BCUT2D eigenvalue weighted by molar-refractivity contribution is 0.176. The van der Waals surface area contributed by atoms with Gasteiger partial charge in [-0.1, -0.05) is 17.7 Å². The lowest BCUT2D eigenvalue weighted by Gasteiger charge is -2.12. The minimum atomic E-state index is -0.540. The van der Waals surface area contributed by atoms with Gasteiger partial charge in [0, 0.05) is 24.7 Å². The van der Waals surface area contributed by atoms with Crippen molar-refractivity contribution in [3.63, 3.8) is 0 Å². The number of hydrogen-bond donors (Lipinski definition) is 1. The normalized spacial score (nSPS) is 12.7. The quantitative estimate of drug-likeness (QED) is 0.910. The van der Waals surface area contributed by atoms with Gasteiger partial charge in [0.25, 0.3) is 0 Å². The second-order valence-electron chi connectivity index (χ2n) is 4.20. The maximum Gasteiger partial charge on any atom is 0.0848 e. The lowest BCUT2D eigenvalue weighted by Crippen LogP contribution is -2.04. The van der Waals surface area contributed by atoms with Crippen molar-refractivity contribution in [2.75, 3.05) is 0 Å². The number of aliphatic hydroxyl groups excluding tert-OH is 1. The second-order valence-corrected chi connectivity index (χ2v) is 4.64. The van der Waals surface area contributed by atoms with Gasteiger partial charge >= 0.3 is 0 Å². The van der Waals surface area contributed by atoms with Crippen molar-refractivity contribution in [2.45, 2.75) is 19.4 Å². The Balaban J connectivity index is 2.17. The molecule has 2 aromatic rings. The van der Waals surface area contributed by atoms with Gasteiger partial charge in [-0.15, -0.1) is 0 Å². The lowest BCUT2D eigenvalue weighted by atomic mass is 10.0. The molecule has 0 radical (unpaired) electrons. The Bertz CT molecular complexity index is 522. The smallest absolute Gasteiger partial charge is 0.0848 e.